The molecule has 2 aromatic heterocycles. The van der Waals surface area contributed by atoms with Crippen molar-refractivity contribution in [3.63, 3.8) is 0 Å². The first kappa shape index (κ1) is 19.9. The Morgan fingerprint density at radius 2 is 1.87 bits per heavy atom. The molecular weight excluding hydrogens is 409 g/mol. The quantitative estimate of drug-likeness (QED) is 0.415. The highest BCUT2D eigenvalue weighted by atomic mass is 35.5. The molecule has 0 saturated carbocycles. The van der Waals surface area contributed by atoms with E-state index in [9.17, 15) is 4.39 Å². The normalized spacial score (nSPS) is 10.9. The molecule has 0 bridgehead atoms. The van der Waals surface area contributed by atoms with Gasteiger partial charge in [0.2, 0.25) is 0 Å². The zero-order chi connectivity index (χ0) is 20.9. The van der Waals surface area contributed by atoms with E-state index >= 15 is 0 Å². The lowest BCUT2D eigenvalue weighted by atomic mass is 10.1. The summed E-state index contributed by atoms with van der Waals surface area (Å²) in [5.41, 5.74) is 2.36. The third-order valence-electron chi connectivity index (χ3n) is 4.18. The number of nitrogens with zero attached hydrogens (tertiary/aromatic N) is 5. The smallest absolute Gasteiger partial charge is 0.322 e. The monoisotopic (exact) mass is 425 g/mol. The van der Waals surface area contributed by atoms with Crippen LogP contribution in [0.5, 0.6) is 11.8 Å². The number of hydrogen-bond donors (Lipinski definition) is 0. The minimum atomic E-state index is -0.334. The highest BCUT2D eigenvalue weighted by Gasteiger charge is 2.19. The minimum absolute atomic E-state index is 0.120. The van der Waals surface area contributed by atoms with E-state index in [4.69, 9.17) is 21.1 Å². The zero-order valence-corrected chi connectivity index (χ0v) is 16.8. The Morgan fingerprint density at radius 1 is 1.07 bits per heavy atom. The zero-order valence-electron chi connectivity index (χ0n) is 16.0. The molecule has 0 aliphatic heterocycles. The molecule has 9 heteroatoms. The Bertz CT molecular complexity index is 1150. The maximum absolute atomic E-state index is 13.4. The van der Waals surface area contributed by atoms with Gasteiger partial charge in [-0.1, -0.05) is 28.9 Å². The van der Waals surface area contributed by atoms with Crippen LogP contribution in [-0.4, -0.2) is 31.6 Å². The highest BCUT2D eigenvalue weighted by molar-refractivity contribution is 6.32. The molecule has 4 rings (SSSR count). The van der Waals surface area contributed by atoms with E-state index in [2.05, 4.69) is 20.3 Å². The summed E-state index contributed by atoms with van der Waals surface area (Å²) >= 11 is 6.16. The Kier molecular flexibility index (Phi) is 5.97. The third-order valence-corrected chi connectivity index (χ3v) is 4.50. The van der Waals surface area contributed by atoms with Crippen LogP contribution in [0.25, 0.3) is 22.6 Å². The molecule has 30 heavy (non-hydrogen) atoms. The molecule has 152 valence electrons. The van der Waals surface area contributed by atoms with Crippen molar-refractivity contribution in [1.82, 2.24) is 25.0 Å². The van der Waals surface area contributed by atoms with Crippen molar-refractivity contribution in [1.29, 1.82) is 0 Å². The second-order valence-electron chi connectivity index (χ2n) is 6.17. The summed E-state index contributed by atoms with van der Waals surface area (Å²) in [5.74, 6) is 0.107. The van der Waals surface area contributed by atoms with Gasteiger partial charge in [-0.3, -0.25) is 0 Å². The molecule has 0 saturated heterocycles. The van der Waals surface area contributed by atoms with Gasteiger partial charge in [-0.05, 0) is 49.4 Å². The molecule has 0 spiro atoms. The summed E-state index contributed by atoms with van der Waals surface area (Å²) < 4.78 is 26.2. The third kappa shape index (κ3) is 4.29. The van der Waals surface area contributed by atoms with E-state index in [1.807, 2.05) is 6.92 Å². The molecule has 0 unspecified atom stereocenters. The maximum Gasteiger partial charge on any atom is 0.322 e. The van der Waals surface area contributed by atoms with Crippen molar-refractivity contribution in [3.8, 4) is 34.4 Å². The van der Waals surface area contributed by atoms with E-state index in [1.54, 1.807) is 53.3 Å². The van der Waals surface area contributed by atoms with Gasteiger partial charge >= 0.3 is 6.01 Å². The average molecular weight is 426 g/mol. The molecule has 2 aromatic carbocycles. The molecule has 0 radical (unpaired) electrons. The summed E-state index contributed by atoms with van der Waals surface area (Å²) in [6, 6.07) is 14.9. The van der Waals surface area contributed by atoms with Crippen LogP contribution in [0.1, 0.15) is 6.92 Å². The van der Waals surface area contributed by atoms with Crippen LogP contribution >= 0.6 is 11.6 Å². The van der Waals surface area contributed by atoms with E-state index in [-0.39, 0.29) is 18.6 Å². The number of ether oxygens (including phenoxy) is 2. The van der Waals surface area contributed by atoms with Gasteiger partial charge in [0.15, 0.2) is 0 Å². The van der Waals surface area contributed by atoms with Crippen molar-refractivity contribution < 1.29 is 13.9 Å². The second kappa shape index (κ2) is 8.98. The van der Waals surface area contributed by atoms with Gasteiger partial charge in [0.1, 0.15) is 29.7 Å². The predicted octanol–water partition coefficient (Wildman–Crippen LogP) is 4.98. The number of hydrogen-bond acceptors (Lipinski definition) is 6. The van der Waals surface area contributed by atoms with Gasteiger partial charge in [0, 0.05) is 18.4 Å². The van der Waals surface area contributed by atoms with Crippen LogP contribution in [-0.2, 0) is 11.5 Å². The van der Waals surface area contributed by atoms with Gasteiger partial charge in [-0.2, -0.15) is 4.98 Å². The van der Waals surface area contributed by atoms with Gasteiger partial charge in [-0.15, -0.1) is 5.10 Å². The Morgan fingerprint density at radius 3 is 2.63 bits per heavy atom. The molecule has 0 fully saturated rings. The van der Waals surface area contributed by atoms with Gasteiger partial charge < -0.3 is 9.47 Å². The average Bonchev–Trinajstić information content (AvgIpc) is 3.18. The van der Waals surface area contributed by atoms with E-state index < -0.39 is 0 Å². The lowest BCUT2D eigenvalue weighted by Gasteiger charge is -2.10. The van der Waals surface area contributed by atoms with Crippen LogP contribution in [0.3, 0.4) is 0 Å². The SMILES string of the molecule is CCOCn1nnc(-c2ccc(F)cc2)c1-c1ccnc(Oc2ccccc2Cl)n1. The fourth-order valence-electron chi connectivity index (χ4n) is 2.78. The summed E-state index contributed by atoms with van der Waals surface area (Å²) in [6.07, 6.45) is 1.57. The van der Waals surface area contributed by atoms with Crippen LogP contribution < -0.4 is 4.74 Å². The fourth-order valence-corrected chi connectivity index (χ4v) is 2.96. The van der Waals surface area contributed by atoms with Crippen molar-refractivity contribution >= 4 is 11.6 Å². The number of benzene rings is 2. The number of aromatic nitrogens is 5. The second-order valence-corrected chi connectivity index (χ2v) is 6.58. The van der Waals surface area contributed by atoms with Gasteiger partial charge in [0.25, 0.3) is 0 Å². The van der Waals surface area contributed by atoms with E-state index in [0.717, 1.165) is 0 Å². The molecule has 0 N–H and O–H groups in total. The number of para-hydroxylation sites is 1. The Balaban J connectivity index is 1.76. The summed E-state index contributed by atoms with van der Waals surface area (Å²) in [4.78, 5) is 8.67. The number of halogens is 2. The Hall–Kier alpha value is -3.36. The first-order chi connectivity index (χ1) is 14.7. The molecular formula is C21H17ClFN5O2. The first-order valence-electron chi connectivity index (χ1n) is 9.18. The minimum Gasteiger partial charge on any atom is -0.423 e. The summed E-state index contributed by atoms with van der Waals surface area (Å²) in [7, 11) is 0. The van der Waals surface area contributed by atoms with E-state index in [0.29, 0.717) is 40.0 Å². The predicted molar refractivity (Wildman–Crippen MR) is 110 cm³/mol. The highest BCUT2D eigenvalue weighted by Crippen LogP contribution is 2.31. The van der Waals surface area contributed by atoms with Crippen LogP contribution in [0.4, 0.5) is 4.39 Å². The lowest BCUT2D eigenvalue weighted by Crippen LogP contribution is -2.07. The largest absolute Gasteiger partial charge is 0.423 e. The topological polar surface area (TPSA) is 75.0 Å². The molecule has 0 aliphatic rings. The molecule has 0 atom stereocenters. The van der Waals surface area contributed by atoms with Crippen molar-refractivity contribution in [2.45, 2.75) is 13.7 Å². The Labute approximate surface area is 177 Å². The molecule has 2 heterocycles. The van der Waals surface area contributed by atoms with E-state index in [1.165, 1.54) is 12.1 Å². The number of rotatable bonds is 7. The summed E-state index contributed by atoms with van der Waals surface area (Å²) in [5, 5.41) is 8.89. The fraction of sp³-hybridized carbons (Fsp3) is 0.143. The van der Waals surface area contributed by atoms with Crippen molar-refractivity contribution in [2.24, 2.45) is 0 Å². The standard InChI is InChI=1S/C21H17ClFN5O2/c1-2-29-13-28-20(19(26-27-28)14-7-9-15(23)10-8-14)17-11-12-24-21(25-17)30-18-6-4-3-5-16(18)22/h3-12H,2,13H2,1H3. The molecule has 0 aliphatic carbocycles. The van der Waals surface area contributed by atoms with Gasteiger partial charge in [-0.25, -0.2) is 14.1 Å². The molecule has 7 nitrogen and oxygen atoms in total. The van der Waals surface area contributed by atoms with Crippen LogP contribution in [0, 0.1) is 5.82 Å². The van der Waals surface area contributed by atoms with Crippen LogP contribution in [0.2, 0.25) is 5.02 Å². The maximum atomic E-state index is 13.4. The van der Waals surface area contributed by atoms with Crippen LogP contribution in [0.15, 0.2) is 60.8 Å². The summed E-state index contributed by atoms with van der Waals surface area (Å²) in [6.45, 7) is 2.58. The van der Waals surface area contributed by atoms with Crippen molar-refractivity contribution in [3.05, 3.63) is 71.6 Å². The first-order valence-corrected chi connectivity index (χ1v) is 9.56. The molecule has 0 amide bonds. The lowest BCUT2D eigenvalue weighted by molar-refractivity contribution is 0.0790. The van der Waals surface area contributed by atoms with Gasteiger partial charge in [0.05, 0.1) is 10.7 Å². The molecule has 4 aromatic rings. The van der Waals surface area contributed by atoms with Crippen molar-refractivity contribution in [2.75, 3.05) is 6.61 Å².